The van der Waals surface area contributed by atoms with Gasteiger partial charge in [0.1, 0.15) is 11.4 Å². The van der Waals surface area contributed by atoms with Crippen molar-refractivity contribution < 1.29 is 14.3 Å². The third-order valence-electron chi connectivity index (χ3n) is 5.08. The number of ether oxygens (including phenoxy) is 1. The van der Waals surface area contributed by atoms with Crippen LogP contribution in [0.4, 0.5) is 0 Å². The monoisotopic (exact) mass is 377 g/mol. The average molecular weight is 377 g/mol. The minimum atomic E-state index is -0.250. The minimum absolute atomic E-state index is 0.223. The zero-order chi connectivity index (χ0) is 19.5. The molecule has 2 aliphatic rings. The molecule has 144 valence electrons. The Bertz CT molecular complexity index is 900. The Balaban J connectivity index is 1.70. The Morgan fingerprint density at radius 3 is 2.43 bits per heavy atom. The van der Waals surface area contributed by atoms with Gasteiger partial charge in [-0.05, 0) is 49.1 Å². The van der Waals surface area contributed by atoms with E-state index in [0.717, 1.165) is 42.8 Å². The highest BCUT2D eigenvalue weighted by atomic mass is 16.5. The van der Waals surface area contributed by atoms with Crippen LogP contribution < -0.4 is 4.74 Å². The molecule has 0 saturated carbocycles. The predicted octanol–water partition coefficient (Wildman–Crippen LogP) is 2.86. The van der Waals surface area contributed by atoms with Gasteiger partial charge in [0.25, 0.3) is 11.8 Å². The fourth-order valence-electron chi connectivity index (χ4n) is 3.76. The van der Waals surface area contributed by atoms with Crippen molar-refractivity contribution in [2.75, 3.05) is 19.7 Å². The maximum Gasteiger partial charge on any atom is 0.278 e. The van der Waals surface area contributed by atoms with Crippen LogP contribution in [0.15, 0.2) is 54.5 Å². The summed E-state index contributed by atoms with van der Waals surface area (Å²) in [7, 11) is 0. The maximum atomic E-state index is 13.3. The third kappa shape index (κ3) is 3.38. The van der Waals surface area contributed by atoms with Crippen molar-refractivity contribution in [3.05, 3.63) is 65.6 Å². The first kappa shape index (κ1) is 18.2. The first-order valence-electron chi connectivity index (χ1n) is 9.66. The van der Waals surface area contributed by atoms with Crippen LogP contribution in [-0.4, -0.2) is 46.3 Å². The summed E-state index contributed by atoms with van der Waals surface area (Å²) in [6, 6.07) is 11.1. The van der Waals surface area contributed by atoms with Gasteiger partial charge in [-0.15, -0.1) is 0 Å². The Kier molecular flexibility index (Phi) is 5.10. The molecule has 1 fully saturated rings. The van der Waals surface area contributed by atoms with Crippen LogP contribution in [0.25, 0.3) is 5.57 Å². The Labute approximate surface area is 164 Å². The second kappa shape index (κ2) is 7.84. The molecule has 6 nitrogen and oxygen atoms in total. The van der Waals surface area contributed by atoms with Crippen LogP contribution in [0.1, 0.15) is 30.9 Å². The van der Waals surface area contributed by atoms with Gasteiger partial charge in [-0.2, -0.15) is 0 Å². The molecule has 3 heterocycles. The molecule has 0 unspecified atom stereocenters. The lowest BCUT2D eigenvalue weighted by molar-refractivity contribution is -0.138. The molecule has 1 aromatic heterocycles. The lowest BCUT2D eigenvalue weighted by Gasteiger charge is -2.20. The number of carbonyl (C=O) groups is 2. The van der Waals surface area contributed by atoms with E-state index in [9.17, 15) is 9.59 Å². The van der Waals surface area contributed by atoms with Crippen molar-refractivity contribution in [1.82, 2.24) is 14.8 Å². The van der Waals surface area contributed by atoms with Crippen LogP contribution in [-0.2, 0) is 16.1 Å². The number of likely N-dealkylation sites (tertiary alicyclic amines) is 1. The highest BCUT2D eigenvalue weighted by Crippen LogP contribution is 2.34. The van der Waals surface area contributed by atoms with Gasteiger partial charge in [0.2, 0.25) is 0 Å². The van der Waals surface area contributed by atoms with E-state index in [2.05, 4.69) is 9.88 Å². The van der Waals surface area contributed by atoms with E-state index < -0.39 is 0 Å². The molecule has 6 heteroatoms. The van der Waals surface area contributed by atoms with Crippen molar-refractivity contribution in [3.8, 4) is 5.75 Å². The van der Waals surface area contributed by atoms with Crippen molar-refractivity contribution in [1.29, 1.82) is 0 Å². The van der Waals surface area contributed by atoms with Crippen molar-refractivity contribution in [3.63, 3.8) is 0 Å². The molecule has 4 rings (SSSR count). The number of hydrogen-bond donors (Lipinski definition) is 0. The minimum Gasteiger partial charge on any atom is -0.494 e. The largest absolute Gasteiger partial charge is 0.494 e. The van der Waals surface area contributed by atoms with E-state index in [4.69, 9.17) is 4.74 Å². The molecule has 0 N–H and O–H groups in total. The number of benzene rings is 1. The van der Waals surface area contributed by atoms with E-state index in [1.807, 2.05) is 43.3 Å². The number of carbonyl (C=O) groups excluding carboxylic acids is 2. The number of imide groups is 1. The zero-order valence-electron chi connectivity index (χ0n) is 15.9. The molecule has 1 saturated heterocycles. The lowest BCUT2D eigenvalue weighted by Crippen LogP contribution is -2.34. The van der Waals surface area contributed by atoms with Gasteiger partial charge >= 0.3 is 0 Å². The van der Waals surface area contributed by atoms with Gasteiger partial charge in [-0.3, -0.25) is 19.5 Å². The lowest BCUT2D eigenvalue weighted by atomic mass is 10.0. The highest BCUT2D eigenvalue weighted by molar-refractivity contribution is 6.35. The van der Waals surface area contributed by atoms with Crippen molar-refractivity contribution >= 4 is 17.4 Å². The van der Waals surface area contributed by atoms with Crippen LogP contribution in [0.2, 0.25) is 0 Å². The summed E-state index contributed by atoms with van der Waals surface area (Å²) in [6.45, 7) is 4.34. The highest BCUT2D eigenvalue weighted by Gasteiger charge is 2.42. The Morgan fingerprint density at radius 1 is 1.04 bits per heavy atom. The fourth-order valence-corrected chi connectivity index (χ4v) is 3.76. The molecule has 0 bridgehead atoms. The number of pyridine rings is 1. The van der Waals surface area contributed by atoms with Gasteiger partial charge in [0, 0.05) is 25.5 Å². The summed E-state index contributed by atoms with van der Waals surface area (Å²) >= 11 is 0. The topological polar surface area (TPSA) is 62.7 Å². The van der Waals surface area contributed by atoms with Crippen molar-refractivity contribution in [2.45, 2.75) is 26.3 Å². The number of rotatable bonds is 6. The van der Waals surface area contributed by atoms with Gasteiger partial charge in [-0.25, -0.2) is 0 Å². The molecule has 0 radical (unpaired) electrons. The van der Waals surface area contributed by atoms with Gasteiger partial charge < -0.3 is 9.64 Å². The summed E-state index contributed by atoms with van der Waals surface area (Å²) in [6.07, 6.45) is 5.43. The number of nitrogens with zero attached hydrogens (tertiary/aromatic N) is 3. The van der Waals surface area contributed by atoms with Crippen LogP contribution >= 0.6 is 0 Å². The quantitative estimate of drug-likeness (QED) is 0.725. The normalized spacial score (nSPS) is 17.0. The fraction of sp³-hybridized carbons (Fsp3) is 0.318. The van der Waals surface area contributed by atoms with Crippen LogP contribution in [0.5, 0.6) is 5.75 Å². The molecule has 2 aromatic rings. The Morgan fingerprint density at radius 2 is 1.79 bits per heavy atom. The number of amides is 2. The summed E-state index contributed by atoms with van der Waals surface area (Å²) in [5.41, 5.74) is 2.59. The molecule has 28 heavy (non-hydrogen) atoms. The zero-order valence-corrected chi connectivity index (χ0v) is 15.9. The van der Waals surface area contributed by atoms with E-state index in [1.165, 1.54) is 4.90 Å². The third-order valence-corrected chi connectivity index (χ3v) is 5.08. The molecule has 2 aliphatic heterocycles. The summed E-state index contributed by atoms with van der Waals surface area (Å²) in [5, 5.41) is 0. The molecule has 0 atom stereocenters. The Hall–Kier alpha value is -3.15. The first-order chi connectivity index (χ1) is 13.7. The predicted molar refractivity (Wildman–Crippen MR) is 105 cm³/mol. The second-order valence-corrected chi connectivity index (χ2v) is 6.93. The smallest absolute Gasteiger partial charge is 0.278 e. The van der Waals surface area contributed by atoms with E-state index in [0.29, 0.717) is 17.9 Å². The second-order valence-electron chi connectivity index (χ2n) is 6.93. The molecular formula is C22H23N3O3. The SMILES string of the molecule is CCOc1ccc(C2=C(N3CCCC3)C(=O)N(Cc3cccnc3)C2=O)cc1. The van der Waals surface area contributed by atoms with Crippen LogP contribution in [0.3, 0.4) is 0 Å². The summed E-state index contributed by atoms with van der Waals surface area (Å²) in [4.78, 5) is 34.0. The molecule has 2 amide bonds. The van der Waals surface area contributed by atoms with E-state index in [1.54, 1.807) is 12.4 Å². The van der Waals surface area contributed by atoms with Gasteiger partial charge in [-0.1, -0.05) is 18.2 Å². The van der Waals surface area contributed by atoms with E-state index >= 15 is 0 Å². The van der Waals surface area contributed by atoms with Gasteiger partial charge in [0.15, 0.2) is 0 Å². The summed E-state index contributed by atoms with van der Waals surface area (Å²) in [5.74, 6) is 0.276. The number of hydrogen-bond acceptors (Lipinski definition) is 5. The van der Waals surface area contributed by atoms with E-state index in [-0.39, 0.29) is 18.4 Å². The van der Waals surface area contributed by atoms with Crippen LogP contribution in [0, 0.1) is 0 Å². The molecule has 1 aromatic carbocycles. The standard InChI is InChI=1S/C22H23N3O3/c1-2-28-18-9-7-17(8-10-18)19-20(24-12-3-4-13-24)22(27)25(21(19)26)15-16-6-5-11-23-14-16/h5-11,14H,2-4,12-13,15H2,1H3. The number of aromatic nitrogens is 1. The average Bonchev–Trinajstić information content (AvgIpc) is 3.32. The molecule has 0 spiro atoms. The van der Waals surface area contributed by atoms with Crippen molar-refractivity contribution in [2.24, 2.45) is 0 Å². The summed E-state index contributed by atoms with van der Waals surface area (Å²) < 4.78 is 5.50. The molecular weight excluding hydrogens is 354 g/mol. The first-order valence-corrected chi connectivity index (χ1v) is 9.66. The van der Waals surface area contributed by atoms with Gasteiger partial charge in [0.05, 0.1) is 18.7 Å². The molecule has 0 aliphatic carbocycles. The maximum absolute atomic E-state index is 13.3.